The number of halogens is 1. The third-order valence-corrected chi connectivity index (χ3v) is 5.79. The van der Waals surface area contributed by atoms with E-state index in [1.165, 1.54) is 23.5 Å². The molecule has 0 aliphatic carbocycles. The molecule has 2 fully saturated rings. The second kappa shape index (κ2) is 7.74. The number of hydrogen-bond donors (Lipinski definition) is 0. The molecule has 0 saturated carbocycles. The molecule has 3 heterocycles. The molecule has 0 bridgehead atoms. The molecule has 8 heteroatoms. The number of thiazole rings is 1. The van der Waals surface area contributed by atoms with Crippen LogP contribution in [0.15, 0.2) is 29.6 Å². The van der Waals surface area contributed by atoms with Crippen molar-refractivity contribution in [2.24, 2.45) is 0 Å². The zero-order valence-electron chi connectivity index (χ0n) is 14.8. The van der Waals surface area contributed by atoms with Gasteiger partial charge in [0.05, 0.1) is 0 Å². The lowest BCUT2D eigenvalue weighted by atomic mass is 10.2. The van der Waals surface area contributed by atoms with Crippen LogP contribution in [0, 0.1) is 5.82 Å². The van der Waals surface area contributed by atoms with E-state index in [9.17, 15) is 14.0 Å². The van der Waals surface area contributed by atoms with Crippen LogP contribution in [0.1, 0.15) is 23.3 Å². The normalized spacial score (nSPS) is 20.1. The van der Waals surface area contributed by atoms with Gasteiger partial charge in [-0.3, -0.25) is 9.59 Å². The van der Waals surface area contributed by atoms with Gasteiger partial charge >= 0.3 is 0 Å². The van der Waals surface area contributed by atoms with Crippen LogP contribution < -0.4 is 0 Å². The second-order valence-corrected chi connectivity index (χ2v) is 7.52. The van der Waals surface area contributed by atoms with Crippen molar-refractivity contribution in [1.82, 2.24) is 14.8 Å². The first-order chi connectivity index (χ1) is 13.1. The molecule has 1 atom stereocenters. The lowest BCUT2D eigenvalue weighted by Crippen LogP contribution is -2.52. The summed E-state index contributed by atoms with van der Waals surface area (Å²) in [6.45, 7) is 2.65. The molecule has 1 aromatic heterocycles. The van der Waals surface area contributed by atoms with Crippen LogP contribution in [0.25, 0.3) is 10.6 Å². The van der Waals surface area contributed by atoms with Gasteiger partial charge in [0.25, 0.3) is 11.8 Å². The smallest absolute Gasteiger partial charge is 0.273 e. The summed E-state index contributed by atoms with van der Waals surface area (Å²) >= 11 is 1.36. The number of amides is 2. The predicted molar refractivity (Wildman–Crippen MR) is 99.0 cm³/mol. The van der Waals surface area contributed by atoms with Crippen molar-refractivity contribution in [2.75, 3.05) is 32.8 Å². The number of benzene rings is 1. The largest absolute Gasteiger partial charge is 0.368 e. The maximum Gasteiger partial charge on any atom is 0.273 e. The maximum atomic E-state index is 13.1. The lowest BCUT2D eigenvalue weighted by Gasteiger charge is -2.35. The van der Waals surface area contributed by atoms with Gasteiger partial charge in [-0.2, -0.15) is 0 Å². The van der Waals surface area contributed by atoms with E-state index in [1.807, 2.05) is 0 Å². The molecule has 2 aliphatic heterocycles. The van der Waals surface area contributed by atoms with E-state index in [0.717, 1.165) is 18.4 Å². The number of hydrogen-bond acceptors (Lipinski definition) is 5. The summed E-state index contributed by atoms with van der Waals surface area (Å²) in [7, 11) is 0. The summed E-state index contributed by atoms with van der Waals surface area (Å²) in [4.78, 5) is 33.0. The quantitative estimate of drug-likeness (QED) is 0.809. The van der Waals surface area contributed by atoms with Crippen molar-refractivity contribution in [1.29, 1.82) is 0 Å². The van der Waals surface area contributed by atoms with Crippen LogP contribution >= 0.6 is 11.3 Å². The average molecular weight is 389 g/mol. The lowest BCUT2D eigenvalue weighted by molar-refractivity contribution is -0.142. The Morgan fingerprint density at radius 1 is 1.11 bits per heavy atom. The van der Waals surface area contributed by atoms with Gasteiger partial charge in [0.15, 0.2) is 0 Å². The minimum absolute atomic E-state index is 0.0341. The van der Waals surface area contributed by atoms with Crippen LogP contribution in [0.4, 0.5) is 4.39 Å². The number of carbonyl (C=O) groups is 2. The van der Waals surface area contributed by atoms with Crippen molar-refractivity contribution in [3.05, 3.63) is 41.2 Å². The fourth-order valence-corrected chi connectivity index (χ4v) is 4.16. The van der Waals surface area contributed by atoms with E-state index in [2.05, 4.69) is 4.98 Å². The zero-order chi connectivity index (χ0) is 18.8. The molecule has 6 nitrogen and oxygen atoms in total. The van der Waals surface area contributed by atoms with Crippen molar-refractivity contribution in [3.8, 4) is 10.6 Å². The number of aromatic nitrogens is 1. The molecular weight excluding hydrogens is 369 g/mol. The number of nitrogens with zero attached hydrogens (tertiary/aromatic N) is 3. The molecule has 0 spiro atoms. The molecule has 142 valence electrons. The number of ether oxygens (including phenoxy) is 1. The van der Waals surface area contributed by atoms with Crippen LogP contribution in [-0.4, -0.2) is 65.5 Å². The SMILES string of the molecule is O=C(c1csc(-c2ccc(F)cc2)n1)N1CCN(C(=O)C2CCCO2)CC1. The summed E-state index contributed by atoms with van der Waals surface area (Å²) in [5.41, 5.74) is 1.17. The van der Waals surface area contributed by atoms with E-state index in [1.54, 1.807) is 27.3 Å². The highest BCUT2D eigenvalue weighted by Crippen LogP contribution is 2.25. The Hall–Kier alpha value is -2.32. The van der Waals surface area contributed by atoms with Gasteiger partial charge in [-0.1, -0.05) is 0 Å². The van der Waals surface area contributed by atoms with Gasteiger partial charge in [0.1, 0.15) is 22.6 Å². The van der Waals surface area contributed by atoms with E-state index < -0.39 is 0 Å². The van der Waals surface area contributed by atoms with Gasteiger partial charge in [0, 0.05) is 43.7 Å². The maximum absolute atomic E-state index is 13.1. The topological polar surface area (TPSA) is 62.7 Å². The Morgan fingerprint density at radius 3 is 2.48 bits per heavy atom. The van der Waals surface area contributed by atoms with Crippen molar-refractivity contribution in [3.63, 3.8) is 0 Å². The molecule has 2 amide bonds. The summed E-state index contributed by atoms with van der Waals surface area (Å²) in [5.74, 6) is -0.405. The molecule has 2 aromatic rings. The van der Waals surface area contributed by atoms with Crippen LogP contribution in [0.2, 0.25) is 0 Å². The summed E-state index contributed by atoms with van der Waals surface area (Å²) in [6.07, 6.45) is 1.39. The average Bonchev–Trinajstić information content (AvgIpc) is 3.40. The van der Waals surface area contributed by atoms with E-state index in [-0.39, 0.29) is 23.7 Å². The molecule has 4 rings (SSSR count). The highest BCUT2D eigenvalue weighted by atomic mass is 32.1. The molecule has 0 N–H and O–H groups in total. The van der Waals surface area contributed by atoms with E-state index >= 15 is 0 Å². The van der Waals surface area contributed by atoms with E-state index in [4.69, 9.17) is 4.74 Å². The van der Waals surface area contributed by atoms with Gasteiger partial charge in [-0.05, 0) is 37.1 Å². The predicted octanol–water partition coefficient (Wildman–Crippen LogP) is 2.41. The molecule has 1 unspecified atom stereocenters. The Kier molecular flexibility index (Phi) is 5.18. The first-order valence-electron chi connectivity index (χ1n) is 9.03. The summed E-state index contributed by atoms with van der Waals surface area (Å²) < 4.78 is 18.5. The highest BCUT2D eigenvalue weighted by molar-refractivity contribution is 7.13. The Bertz CT molecular complexity index is 825. The second-order valence-electron chi connectivity index (χ2n) is 6.66. The highest BCUT2D eigenvalue weighted by Gasteiger charge is 2.31. The number of rotatable bonds is 3. The summed E-state index contributed by atoms with van der Waals surface area (Å²) in [6, 6.07) is 6.06. The van der Waals surface area contributed by atoms with Crippen molar-refractivity contribution >= 4 is 23.2 Å². The molecular formula is C19H20FN3O3S. The van der Waals surface area contributed by atoms with E-state index in [0.29, 0.717) is 43.5 Å². The Labute approximate surface area is 160 Å². The monoisotopic (exact) mass is 389 g/mol. The van der Waals surface area contributed by atoms with Gasteiger partial charge < -0.3 is 14.5 Å². The number of carbonyl (C=O) groups excluding carboxylic acids is 2. The zero-order valence-corrected chi connectivity index (χ0v) is 15.6. The van der Waals surface area contributed by atoms with Crippen LogP contribution in [-0.2, 0) is 9.53 Å². The molecule has 27 heavy (non-hydrogen) atoms. The van der Waals surface area contributed by atoms with Crippen LogP contribution in [0.3, 0.4) is 0 Å². The first kappa shape index (κ1) is 18.1. The fourth-order valence-electron chi connectivity index (χ4n) is 3.36. The summed E-state index contributed by atoms with van der Waals surface area (Å²) in [5, 5.41) is 2.41. The van der Waals surface area contributed by atoms with Gasteiger partial charge in [-0.15, -0.1) is 11.3 Å². The van der Waals surface area contributed by atoms with Crippen molar-refractivity contribution in [2.45, 2.75) is 18.9 Å². The third-order valence-electron chi connectivity index (χ3n) is 4.90. The molecule has 0 radical (unpaired) electrons. The Balaban J connectivity index is 1.37. The number of piperazine rings is 1. The minimum Gasteiger partial charge on any atom is -0.368 e. The fraction of sp³-hybridized carbons (Fsp3) is 0.421. The minimum atomic E-state index is -0.316. The standard InChI is InChI=1S/C19H20FN3O3S/c20-14-5-3-13(4-6-14)17-21-15(12-27-17)18(24)22-7-9-23(10-8-22)19(25)16-2-1-11-26-16/h3-6,12,16H,1-2,7-11H2. The first-order valence-corrected chi connectivity index (χ1v) is 9.91. The molecule has 2 aliphatic rings. The molecule has 2 saturated heterocycles. The van der Waals surface area contributed by atoms with Gasteiger partial charge in [-0.25, -0.2) is 9.37 Å². The third kappa shape index (κ3) is 3.86. The van der Waals surface area contributed by atoms with Crippen molar-refractivity contribution < 1.29 is 18.7 Å². The Morgan fingerprint density at radius 2 is 1.81 bits per heavy atom. The van der Waals surface area contributed by atoms with Crippen LogP contribution in [0.5, 0.6) is 0 Å². The molecule has 1 aromatic carbocycles. The van der Waals surface area contributed by atoms with Gasteiger partial charge in [0.2, 0.25) is 0 Å².